The number of hydrogen-bond acceptors (Lipinski definition) is 6. The van der Waals surface area contributed by atoms with E-state index in [9.17, 15) is 4.79 Å². The van der Waals surface area contributed by atoms with Gasteiger partial charge in [-0.3, -0.25) is 4.79 Å². The lowest BCUT2D eigenvalue weighted by atomic mass is 9.98. The van der Waals surface area contributed by atoms with Crippen molar-refractivity contribution in [2.75, 3.05) is 24.8 Å². The van der Waals surface area contributed by atoms with E-state index in [1.54, 1.807) is 19.2 Å². The average Bonchev–Trinajstić information content (AvgIpc) is 2.49. The van der Waals surface area contributed by atoms with E-state index in [1.807, 2.05) is 0 Å². The van der Waals surface area contributed by atoms with Gasteiger partial charge >= 0.3 is 5.97 Å². The first-order chi connectivity index (χ1) is 10.0. The number of anilines is 2. The molecular weight excluding hydrogens is 296 g/mol. The number of nitrogens with zero attached hydrogens (tertiary/aromatic N) is 2. The zero-order valence-corrected chi connectivity index (χ0v) is 12.3. The fourth-order valence-corrected chi connectivity index (χ4v) is 2.07. The Hall–Kier alpha value is -2.28. The Morgan fingerprint density at radius 1 is 1.57 bits per heavy atom. The van der Waals surface area contributed by atoms with Crippen molar-refractivity contribution in [2.45, 2.75) is 6.42 Å². The first kappa shape index (κ1) is 15.1. The molecule has 0 bridgehead atoms. The van der Waals surface area contributed by atoms with Gasteiger partial charge in [-0.2, -0.15) is 4.98 Å². The Morgan fingerprint density at radius 2 is 2.33 bits per heavy atom. The molecule has 0 radical (unpaired) electrons. The van der Waals surface area contributed by atoms with E-state index < -0.39 is 11.9 Å². The van der Waals surface area contributed by atoms with Crippen LogP contribution >= 0.6 is 11.6 Å². The molecule has 1 aromatic rings. The fourth-order valence-electron chi connectivity index (χ4n) is 1.88. The van der Waals surface area contributed by atoms with Crippen molar-refractivity contribution in [3.63, 3.8) is 0 Å². The molecule has 1 atom stereocenters. The molecule has 0 fully saturated rings. The van der Waals surface area contributed by atoms with Crippen LogP contribution < -0.4 is 10.6 Å². The van der Waals surface area contributed by atoms with Gasteiger partial charge in [0.05, 0.1) is 24.9 Å². The Kier molecular flexibility index (Phi) is 4.64. The number of nitrogens with one attached hydrogen (secondary N) is 2. The first-order valence-corrected chi connectivity index (χ1v) is 6.58. The minimum absolute atomic E-state index is 0.275. The van der Waals surface area contributed by atoms with E-state index in [2.05, 4.69) is 20.6 Å². The van der Waals surface area contributed by atoms with Crippen molar-refractivity contribution >= 4 is 29.3 Å². The molecule has 1 unspecified atom stereocenters. The highest BCUT2D eigenvalue weighted by atomic mass is 35.5. The van der Waals surface area contributed by atoms with Crippen LogP contribution in [0.1, 0.15) is 6.42 Å². The Bertz CT molecular complexity index is 615. The molecule has 0 saturated carbocycles. The maximum absolute atomic E-state index is 11.0. The van der Waals surface area contributed by atoms with Gasteiger partial charge in [-0.1, -0.05) is 17.7 Å². The number of carboxylic acid groups (broad SMARTS) is 1. The van der Waals surface area contributed by atoms with E-state index in [1.165, 1.54) is 13.3 Å². The van der Waals surface area contributed by atoms with Gasteiger partial charge in [0.15, 0.2) is 0 Å². The number of rotatable bonds is 5. The van der Waals surface area contributed by atoms with Crippen LogP contribution in [-0.4, -0.2) is 35.2 Å². The van der Waals surface area contributed by atoms with Crippen LogP contribution in [0.25, 0.3) is 0 Å². The van der Waals surface area contributed by atoms with Crippen molar-refractivity contribution in [3.05, 3.63) is 34.8 Å². The molecule has 0 amide bonds. The molecule has 8 heteroatoms. The minimum atomic E-state index is -0.889. The van der Waals surface area contributed by atoms with E-state index in [0.717, 1.165) is 0 Å². The summed E-state index contributed by atoms with van der Waals surface area (Å²) in [6.45, 7) is 0. The minimum Gasteiger partial charge on any atom is -0.499 e. The second kappa shape index (κ2) is 6.45. The third-order valence-corrected chi connectivity index (χ3v) is 3.27. The molecule has 3 N–H and O–H groups in total. The highest BCUT2D eigenvalue weighted by molar-refractivity contribution is 6.32. The topological polar surface area (TPSA) is 96.4 Å². The summed E-state index contributed by atoms with van der Waals surface area (Å²) in [5, 5.41) is 15.3. The Morgan fingerprint density at radius 3 is 2.95 bits per heavy atom. The Labute approximate surface area is 126 Å². The predicted octanol–water partition coefficient (Wildman–Crippen LogP) is 2.10. The van der Waals surface area contributed by atoms with E-state index in [0.29, 0.717) is 28.2 Å². The normalized spacial score (nSPS) is 17.6. The molecule has 7 nitrogen and oxygen atoms in total. The molecular formula is C13H15ClN4O3. The van der Waals surface area contributed by atoms with Gasteiger partial charge in [0.25, 0.3) is 0 Å². The van der Waals surface area contributed by atoms with Crippen LogP contribution in [0.4, 0.5) is 11.8 Å². The summed E-state index contributed by atoms with van der Waals surface area (Å²) < 4.78 is 5.24. The van der Waals surface area contributed by atoms with Crippen molar-refractivity contribution in [3.8, 4) is 0 Å². The molecule has 1 aliphatic carbocycles. The van der Waals surface area contributed by atoms with Crippen LogP contribution in [0.15, 0.2) is 29.8 Å². The molecule has 0 aromatic carbocycles. The summed E-state index contributed by atoms with van der Waals surface area (Å²) >= 11 is 5.92. The van der Waals surface area contributed by atoms with Crippen LogP contribution in [0.5, 0.6) is 0 Å². The maximum Gasteiger partial charge on any atom is 0.310 e. The van der Waals surface area contributed by atoms with Crippen LogP contribution in [0, 0.1) is 5.92 Å². The number of methoxy groups -OCH3 is 1. The summed E-state index contributed by atoms with van der Waals surface area (Å²) in [4.78, 5) is 19.3. The van der Waals surface area contributed by atoms with Gasteiger partial charge in [0, 0.05) is 13.5 Å². The summed E-state index contributed by atoms with van der Waals surface area (Å²) in [6, 6.07) is 0. The smallest absolute Gasteiger partial charge is 0.310 e. The molecule has 21 heavy (non-hydrogen) atoms. The molecule has 1 heterocycles. The van der Waals surface area contributed by atoms with Crippen molar-refractivity contribution in [1.29, 1.82) is 0 Å². The van der Waals surface area contributed by atoms with Gasteiger partial charge < -0.3 is 20.5 Å². The number of ether oxygens (including phenoxy) is 1. The third-order valence-electron chi connectivity index (χ3n) is 2.99. The van der Waals surface area contributed by atoms with Crippen molar-refractivity contribution < 1.29 is 14.6 Å². The summed E-state index contributed by atoms with van der Waals surface area (Å²) in [5.41, 5.74) is 0.624. The van der Waals surface area contributed by atoms with Gasteiger partial charge in [0.1, 0.15) is 16.6 Å². The zero-order valence-electron chi connectivity index (χ0n) is 11.6. The largest absolute Gasteiger partial charge is 0.499 e. The van der Waals surface area contributed by atoms with E-state index >= 15 is 0 Å². The lowest BCUT2D eigenvalue weighted by Crippen LogP contribution is -2.18. The van der Waals surface area contributed by atoms with E-state index in [4.69, 9.17) is 21.4 Å². The molecule has 112 valence electrons. The maximum atomic E-state index is 11.0. The number of halogens is 1. The van der Waals surface area contributed by atoms with Gasteiger partial charge in [0.2, 0.25) is 5.95 Å². The van der Waals surface area contributed by atoms with Gasteiger partial charge in [-0.15, -0.1) is 0 Å². The number of aliphatic carboxylic acids is 1. The van der Waals surface area contributed by atoms with Crippen LogP contribution in [0.2, 0.25) is 5.02 Å². The molecule has 0 spiro atoms. The van der Waals surface area contributed by atoms with E-state index in [-0.39, 0.29) is 6.42 Å². The fraction of sp³-hybridized carbons (Fsp3) is 0.308. The molecule has 1 aliphatic rings. The van der Waals surface area contributed by atoms with Crippen molar-refractivity contribution in [2.24, 2.45) is 5.92 Å². The number of carbonyl (C=O) groups is 1. The number of hydrogen-bond donors (Lipinski definition) is 3. The van der Waals surface area contributed by atoms with Crippen LogP contribution in [0.3, 0.4) is 0 Å². The summed E-state index contributed by atoms with van der Waals surface area (Å²) in [6.07, 6.45) is 5.00. The lowest BCUT2D eigenvalue weighted by Gasteiger charge is -2.19. The van der Waals surface area contributed by atoms with Crippen molar-refractivity contribution in [1.82, 2.24) is 9.97 Å². The molecule has 0 saturated heterocycles. The number of allylic oxidation sites excluding steroid dienone is 2. The second-order valence-corrected chi connectivity index (χ2v) is 4.72. The predicted molar refractivity (Wildman–Crippen MR) is 79.1 cm³/mol. The van der Waals surface area contributed by atoms with Gasteiger partial charge in [-0.05, 0) is 6.08 Å². The van der Waals surface area contributed by atoms with Gasteiger partial charge in [-0.25, -0.2) is 4.98 Å². The molecule has 0 aliphatic heterocycles. The summed E-state index contributed by atoms with van der Waals surface area (Å²) in [7, 11) is 3.20. The SMILES string of the molecule is CNc1nc(NC2=C(OC)CC(C(=O)O)C=C2)ncc1Cl. The average molecular weight is 311 g/mol. The standard InChI is InChI=1S/C13H15ClN4O3/c1-15-11-8(14)6-16-13(18-11)17-9-4-3-7(12(19)20)5-10(9)21-2/h3-4,6-7H,5H2,1-2H3,(H,19,20)(H2,15,16,17,18). The summed E-state index contributed by atoms with van der Waals surface area (Å²) in [5.74, 6) is -0.109. The quantitative estimate of drug-likeness (QED) is 0.766. The third kappa shape index (κ3) is 3.43. The molecule has 2 rings (SSSR count). The zero-order chi connectivity index (χ0) is 15.4. The second-order valence-electron chi connectivity index (χ2n) is 4.31. The van der Waals surface area contributed by atoms with Crippen LogP contribution in [-0.2, 0) is 9.53 Å². The first-order valence-electron chi connectivity index (χ1n) is 6.20. The highest BCUT2D eigenvalue weighted by Gasteiger charge is 2.23. The number of aromatic nitrogens is 2. The Balaban J connectivity index is 2.22. The highest BCUT2D eigenvalue weighted by Crippen LogP contribution is 2.26. The molecule has 1 aromatic heterocycles. The lowest BCUT2D eigenvalue weighted by molar-refractivity contribution is -0.140. The monoisotopic (exact) mass is 310 g/mol. The number of carboxylic acids is 1.